The van der Waals surface area contributed by atoms with Gasteiger partial charge < -0.3 is 0 Å². The van der Waals surface area contributed by atoms with Crippen molar-refractivity contribution in [2.45, 2.75) is 0 Å². The fourth-order valence-electron chi connectivity index (χ4n) is 1.64. The molecule has 2 nitrogen and oxygen atoms in total. The highest BCUT2D eigenvalue weighted by Gasteiger charge is 1.99. The third kappa shape index (κ3) is 4.89. The quantitative estimate of drug-likeness (QED) is 0.580. The maximum atomic E-state index is 11.8. The standard InChI is InChI=1S/C18H14O2S/c19-17(15-7-3-1-4-8-15)11-13-21-14-12-18(20)16-9-5-2-6-10-16/h1-14H/b13-11+,14-12+. The number of carbonyl (C=O) groups excluding carboxylic acids is 2. The Balaban J connectivity index is 1.84. The first kappa shape index (κ1) is 15.0. The van der Waals surface area contributed by atoms with Gasteiger partial charge in [0.15, 0.2) is 11.6 Å². The molecule has 2 rings (SSSR count). The van der Waals surface area contributed by atoms with Crippen molar-refractivity contribution in [3.05, 3.63) is 94.8 Å². The van der Waals surface area contributed by atoms with Crippen molar-refractivity contribution in [2.24, 2.45) is 0 Å². The van der Waals surface area contributed by atoms with E-state index in [0.717, 1.165) is 0 Å². The Hall–Kier alpha value is -2.39. The zero-order chi connectivity index (χ0) is 14.9. The molecule has 0 heterocycles. The van der Waals surface area contributed by atoms with E-state index >= 15 is 0 Å². The van der Waals surface area contributed by atoms with Crippen molar-refractivity contribution in [2.75, 3.05) is 0 Å². The van der Waals surface area contributed by atoms with Gasteiger partial charge in [0.25, 0.3) is 0 Å². The highest BCUT2D eigenvalue weighted by Crippen LogP contribution is 2.09. The number of rotatable bonds is 6. The summed E-state index contributed by atoms with van der Waals surface area (Å²) in [5, 5.41) is 3.34. The average Bonchev–Trinajstić information content (AvgIpc) is 2.55. The Labute approximate surface area is 128 Å². The number of carbonyl (C=O) groups is 2. The Morgan fingerprint density at radius 3 is 1.43 bits per heavy atom. The molecule has 2 aromatic rings. The first-order valence-electron chi connectivity index (χ1n) is 6.45. The van der Waals surface area contributed by atoms with Crippen molar-refractivity contribution < 1.29 is 9.59 Å². The van der Waals surface area contributed by atoms with Crippen molar-refractivity contribution in [3.63, 3.8) is 0 Å². The van der Waals surface area contributed by atoms with E-state index in [4.69, 9.17) is 0 Å². The van der Waals surface area contributed by atoms with Crippen LogP contribution in [0.3, 0.4) is 0 Å². The number of ketones is 2. The summed E-state index contributed by atoms with van der Waals surface area (Å²) in [5.74, 6) is -0.100. The molecule has 2 aromatic carbocycles. The molecule has 0 aliphatic carbocycles. The fourth-order valence-corrected chi connectivity index (χ4v) is 2.14. The van der Waals surface area contributed by atoms with Crippen LogP contribution in [0.25, 0.3) is 0 Å². The largest absolute Gasteiger partial charge is 0.289 e. The normalized spacial score (nSPS) is 11.0. The smallest absolute Gasteiger partial charge is 0.186 e. The average molecular weight is 294 g/mol. The predicted octanol–water partition coefficient (Wildman–Crippen LogP) is 4.51. The van der Waals surface area contributed by atoms with Gasteiger partial charge in [0.05, 0.1) is 0 Å². The van der Waals surface area contributed by atoms with Crippen LogP contribution in [0.1, 0.15) is 20.7 Å². The lowest BCUT2D eigenvalue weighted by molar-refractivity contribution is 0.103. The predicted molar refractivity (Wildman–Crippen MR) is 87.4 cm³/mol. The third-order valence-corrected chi connectivity index (χ3v) is 3.30. The molecule has 0 bridgehead atoms. The molecule has 104 valence electrons. The summed E-state index contributed by atoms with van der Waals surface area (Å²) < 4.78 is 0. The molecule has 21 heavy (non-hydrogen) atoms. The summed E-state index contributed by atoms with van der Waals surface area (Å²) in [7, 11) is 0. The van der Waals surface area contributed by atoms with E-state index in [-0.39, 0.29) is 11.6 Å². The van der Waals surface area contributed by atoms with Crippen LogP contribution in [0.4, 0.5) is 0 Å². The molecule has 0 amide bonds. The molecule has 0 spiro atoms. The summed E-state index contributed by atoms with van der Waals surface area (Å²) in [5.41, 5.74) is 1.30. The lowest BCUT2D eigenvalue weighted by Gasteiger charge is -1.94. The van der Waals surface area contributed by atoms with E-state index in [0.29, 0.717) is 11.1 Å². The Morgan fingerprint density at radius 2 is 1.05 bits per heavy atom. The van der Waals surface area contributed by atoms with Gasteiger partial charge in [0.1, 0.15) is 0 Å². The molecule has 0 aromatic heterocycles. The minimum atomic E-state index is -0.0501. The number of thioether (sulfide) groups is 1. The highest BCUT2D eigenvalue weighted by molar-refractivity contribution is 8.04. The molecule has 0 unspecified atom stereocenters. The van der Waals surface area contributed by atoms with Crippen LogP contribution in [0.5, 0.6) is 0 Å². The molecular weight excluding hydrogens is 280 g/mol. The molecule has 0 fully saturated rings. The van der Waals surface area contributed by atoms with Gasteiger partial charge in [-0.05, 0) is 23.0 Å². The van der Waals surface area contributed by atoms with Gasteiger partial charge in [-0.1, -0.05) is 60.7 Å². The second-order valence-electron chi connectivity index (χ2n) is 4.20. The first-order chi connectivity index (χ1) is 10.3. The molecule has 0 atom stereocenters. The highest BCUT2D eigenvalue weighted by atomic mass is 32.2. The summed E-state index contributed by atoms with van der Waals surface area (Å²) in [6, 6.07) is 18.1. The van der Waals surface area contributed by atoms with Gasteiger partial charge in [-0.25, -0.2) is 0 Å². The minimum absolute atomic E-state index is 0.0501. The van der Waals surface area contributed by atoms with Gasteiger partial charge in [0, 0.05) is 11.1 Å². The lowest BCUT2D eigenvalue weighted by atomic mass is 10.1. The van der Waals surface area contributed by atoms with Gasteiger partial charge in [0.2, 0.25) is 0 Å². The number of hydrogen-bond acceptors (Lipinski definition) is 3. The fraction of sp³-hybridized carbons (Fsp3) is 0. The van der Waals surface area contributed by atoms with E-state index in [1.165, 1.54) is 23.9 Å². The van der Waals surface area contributed by atoms with Gasteiger partial charge in [-0.2, -0.15) is 0 Å². The van der Waals surface area contributed by atoms with E-state index in [1.807, 2.05) is 36.4 Å². The summed E-state index contributed by atoms with van der Waals surface area (Å²) in [6.45, 7) is 0. The van der Waals surface area contributed by atoms with Gasteiger partial charge in [-0.15, -0.1) is 11.8 Å². The summed E-state index contributed by atoms with van der Waals surface area (Å²) >= 11 is 1.30. The van der Waals surface area contributed by atoms with Crippen LogP contribution in [0, 0.1) is 0 Å². The second-order valence-corrected chi connectivity index (χ2v) is 5.02. The van der Waals surface area contributed by atoms with Crippen LogP contribution in [0.15, 0.2) is 83.6 Å². The van der Waals surface area contributed by atoms with E-state index in [9.17, 15) is 9.59 Å². The van der Waals surface area contributed by atoms with Crippen LogP contribution >= 0.6 is 11.8 Å². The Kier molecular flexibility index (Phi) is 5.73. The molecule has 3 heteroatoms. The summed E-state index contributed by atoms with van der Waals surface area (Å²) in [6.07, 6.45) is 2.99. The van der Waals surface area contributed by atoms with Crippen LogP contribution in [-0.2, 0) is 0 Å². The number of hydrogen-bond donors (Lipinski definition) is 0. The molecule has 0 N–H and O–H groups in total. The van der Waals surface area contributed by atoms with E-state index < -0.39 is 0 Å². The molecule has 0 radical (unpaired) electrons. The van der Waals surface area contributed by atoms with E-state index in [2.05, 4.69) is 0 Å². The lowest BCUT2D eigenvalue weighted by Crippen LogP contribution is -1.92. The second kappa shape index (κ2) is 8.02. The zero-order valence-corrected chi connectivity index (χ0v) is 12.1. The third-order valence-electron chi connectivity index (χ3n) is 2.71. The van der Waals surface area contributed by atoms with Crippen molar-refractivity contribution in [1.29, 1.82) is 0 Å². The van der Waals surface area contributed by atoms with E-state index in [1.54, 1.807) is 35.1 Å². The Bertz CT molecular complexity index is 599. The minimum Gasteiger partial charge on any atom is -0.289 e. The van der Waals surface area contributed by atoms with Crippen LogP contribution in [-0.4, -0.2) is 11.6 Å². The molecule has 0 aliphatic rings. The molecular formula is C18H14O2S. The molecule has 0 aliphatic heterocycles. The van der Waals surface area contributed by atoms with Gasteiger partial charge >= 0.3 is 0 Å². The monoisotopic (exact) mass is 294 g/mol. The first-order valence-corrected chi connectivity index (χ1v) is 7.39. The van der Waals surface area contributed by atoms with Crippen molar-refractivity contribution in [3.8, 4) is 0 Å². The zero-order valence-electron chi connectivity index (χ0n) is 11.3. The van der Waals surface area contributed by atoms with Crippen molar-refractivity contribution in [1.82, 2.24) is 0 Å². The summed E-state index contributed by atoms with van der Waals surface area (Å²) in [4.78, 5) is 23.5. The maximum Gasteiger partial charge on any atom is 0.186 e. The number of allylic oxidation sites excluding steroid dienone is 2. The van der Waals surface area contributed by atoms with Crippen molar-refractivity contribution >= 4 is 23.3 Å². The SMILES string of the molecule is O=C(/C=C/S/C=C/C(=O)c1ccccc1)c1ccccc1. The topological polar surface area (TPSA) is 34.1 Å². The molecule has 0 saturated heterocycles. The Morgan fingerprint density at radius 1 is 0.667 bits per heavy atom. The van der Waals surface area contributed by atoms with Gasteiger partial charge in [-0.3, -0.25) is 9.59 Å². The maximum absolute atomic E-state index is 11.8. The number of benzene rings is 2. The van der Waals surface area contributed by atoms with Crippen LogP contribution < -0.4 is 0 Å². The molecule has 0 saturated carbocycles. The van der Waals surface area contributed by atoms with Crippen LogP contribution in [0.2, 0.25) is 0 Å².